The molecule has 2 N–H and O–H groups in total. The Bertz CT molecular complexity index is 1320. The van der Waals surface area contributed by atoms with E-state index < -0.39 is 12.5 Å². The van der Waals surface area contributed by atoms with Gasteiger partial charge in [-0.2, -0.15) is 14.0 Å². The second-order valence-corrected chi connectivity index (χ2v) is 8.64. The highest BCUT2D eigenvalue weighted by molar-refractivity contribution is 6.31. The van der Waals surface area contributed by atoms with Crippen LogP contribution in [0.5, 0.6) is 11.5 Å². The van der Waals surface area contributed by atoms with Crippen molar-refractivity contribution in [3.8, 4) is 17.6 Å². The Morgan fingerprint density at radius 2 is 2.08 bits per heavy atom. The van der Waals surface area contributed by atoms with Gasteiger partial charge in [0.1, 0.15) is 11.9 Å². The zero-order chi connectivity index (χ0) is 26.2. The first kappa shape index (κ1) is 25.9. The van der Waals surface area contributed by atoms with Crippen LogP contribution in [0, 0.1) is 17.2 Å². The Kier molecular flexibility index (Phi) is 8.48. The summed E-state index contributed by atoms with van der Waals surface area (Å²) in [6.07, 6.45) is 8.65. The highest BCUT2D eigenvalue weighted by Crippen LogP contribution is 2.36. The number of carbonyl (C=O) groups excluding carboxylic acids is 1. The number of alkyl halides is 2. The van der Waals surface area contributed by atoms with Gasteiger partial charge in [0, 0.05) is 24.0 Å². The first-order valence-corrected chi connectivity index (χ1v) is 11.8. The number of nitrogens with one attached hydrogen (secondary N) is 2. The molecule has 1 aliphatic carbocycles. The molecule has 0 bridgehead atoms. The SMILES string of the molecule is N#Cc1ccc(Nc2ncc(Cl)cc2NC(=O)C=Cc2cccc(OC(F)F)c2OCC2CCC2)nc1. The Morgan fingerprint density at radius 1 is 1.24 bits per heavy atom. The highest BCUT2D eigenvalue weighted by atomic mass is 35.5. The molecule has 1 fully saturated rings. The van der Waals surface area contributed by atoms with Crippen LogP contribution in [0.25, 0.3) is 6.08 Å². The lowest BCUT2D eigenvalue weighted by Gasteiger charge is -2.26. The Hall–Kier alpha value is -4.23. The van der Waals surface area contributed by atoms with Crippen LogP contribution >= 0.6 is 11.6 Å². The maximum absolute atomic E-state index is 12.9. The number of rotatable bonds is 10. The number of carbonyl (C=O) groups is 1. The maximum Gasteiger partial charge on any atom is 0.387 e. The molecule has 1 saturated carbocycles. The summed E-state index contributed by atoms with van der Waals surface area (Å²) in [5.41, 5.74) is 1.09. The Balaban J connectivity index is 1.51. The first-order valence-electron chi connectivity index (χ1n) is 11.4. The van der Waals surface area contributed by atoms with E-state index in [4.69, 9.17) is 21.6 Å². The minimum atomic E-state index is -3.01. The zero-order valence-corrected chi connectivity index (χ0v) is 20.2. The second kappa shape index (κ2) is 12.1. The molecule has 11 heteroatoms. The summed E-state index contributed by atoms with van der Waals surface area (Å²) in [5.74, 6) is 0.579. The number of amides is 1. The summed E-state index contributed by atoms with van der Waals surface area (Å²) in [6.45, 7) is -2.64. The highest BCUT2D eigenvalue weighted by Gasteiger charge is 2.21. The zero-order valence-electron chi connectivity index (χ0n) is 19.5. The molecule has 0 spiro atoms. The molecular formula is C26H22ClF2N5O3. The van der Waals surface area contributed by atoms with Gasteiger partial charge >= 0.3 is 6.61 Å². The molecule has 0 atom stereocenters. The van der Waals surface area contributed by atoms with Crippen molar-refractivity contribution in [2.24, 2.45) is 5.92 Å². The van der Waals surface area contributed by atoms with Crippen LogP contribution in [-0.2, 0) is 4.79 Å². The van der Waals surface area contributed by atoms with Gasteiger partial charge in [0.05, 0.1) is 22.9 Å². The largest absolute Gasteiger partial charge is 0.489 e. The van der Waals surface area contributed by atoms with Crippen LogP contribution in [0.1, 0.15) is 30.4 Å². The molecule has 1 aliphatic rings. The Morgan fingerprint density at radius 3 is 2.76 bits per heavy atom. The number of aromatic nitrogens is 2. The normalized spacial score (nSPS) is 13.2. The van der Waals surface area contributed by atoms with Crippen molar-refractivity contribution in [2.45, 2.75) is 25.9 Å². The van der Waals surface area contributed by atoms with Gasteiger partial charge in [0.15, 0.2) is 17.3 Å². The molecule has 0 saturated heterocycles. The smallest absolute Gasteiger partial charge is 0.387 e. The van der Waals surface area contributed by atoms with E-state index in [1.165, 1.54) is 36.7 Å². The van der Waals surface area contributed by atoms with Crippen LogP contribution in [0.2, 0.25) is 5.02 Å². The van der Waals surface area contributed by atoms with E-state index in [0.29, 0.717) is 34.5 Å². The lowest BCUT2D eigenvalue weighted by Crippen LogP contribution is -2.20. The summed E-state index contributed by atoms with van der Waals surface area (Å²) in [6, 6.07) is 11.3. The number of para-hydroxylation sites is 1. The molecular weight excluding hydrogens is 504 g/mol. The molecule has 0 aliphatic heterocycles. The maximum atomic E-state index is 12.9. The van der Waals surface area contributed by atoms with Crippen molar-refractivity contribution >= 4 is 40.9 Å². The minimum absolute atomic E-state index is 0.0997. The number of ether oxygens (including phenoxy) is 2. The molecule has 4 rings (SSSR count). The van der Waals surface area contributed by atoms with Crippen molar-refractivity contribution in [1.29, 1.82) is 5.26 Å². The Labute approximate surface area is 216 Å². The number of hydrogen-bond acceptors (Lipinski definition) is 7. The molecule has 1 aromatic carbocycles. The fourth-order valence-electron chi connectivity index (χ4n) is 3.50. The summed E-state index contributed by atoms with van der Waals surface area (Å²) in [7, 11) is 0. The van der Waals surface area contributed by atoms with E-state index in [-0.39, 0.29) is 23.0 Å². The van der Waals surface area contributed by atoms with Gasteiger partial charge in [-0.1, -0.05) is 30.2 Å². The third kappa shape index (κ3) is 7.15. The monoisotopic (exact) mass is 525 g/mol. The van der Waals surface area contributed by atoms with Crippen molar-refractivity contribution < 1.29 is 23.0 Å². The van der Waals surface area contributed by atoms with Crippen LogP contribution in [0.3, 0.4) is 0 Å². The average Bonchev–Trinajstić information content (AvgIpc) is 2.84. The molecule has 2 aromatic heterocycles. The molecule has 37 heavy (non-hydrogen) atoms. The second-order valence-electron chi connectivity index (χ2n) is 8.20. The van der Waals surface area contributed by atoms with Crippen LogP contribution in [0.4, 0.5) is 26.1 Å². The molecule has 2 heterocycles. The van der Waals surface area contributed by atoms with Crippen molar-refractivity contribution in [3.63, 3.8) is 0 Å². The van der Waals surface area contributed by atoms with Crippen molar-refractivity contribution in [2.75, 3.05) is 17.2 Å². The number of nitrogens with zero attached hydrogens (tertiary/aromatic N) is 3. The number of halogens is 3. The third-order valence-electron chi connectivity index (χ3n) is 5.58. The van der Waals surface area contributed by atoms with Gasteiger partial charge in [0.25, 0.3) is 0 Å². The van der Waals surface area contributed by atoms with Gasteiger partial charge in [-0.3, -0.25) is 4.79 Å². The number of nitriles is 1. The summed E-state index contributed by atoms with van der Waals surface area (Å²) in [5, 5.41) is 14.9. The minimum Gasteiger partial charge on any atom is -0.489 e. The van der Waals surface area contributed by atoms with Gasteiger partial charge in [0.2, 0.25) is 5.91 Å². The van der Waals surface area contributed by atoms with Crippen molar-refractivity contribution in [1.82, 2.24) is 9.97 Å². The predicted molar refractivity (Wildman–Crippen MR) is 135 cm³/mol. The van der Waals surface area contributed by atoms with Crippen molar-refractivity contribution in [3.05, 3.63) is 71.0 Å². The van der Waals surface area contributed by atoms with E-state index in [1.807, 2.05) is 6.07 Å². The predicted octanol–water partition coefficient (Wildman–Crippen LogP) is 6.18. The van der Waals surface area contributed by atoms with E-state index in [2.05, 4.69) is 25.3 Å². The summed E-state index contributed by atoms with van der Waals surface area (Å²) in [4.78, 5) is 21.1. The van der Waals surface area contributed by atoms with Gasteiger partial charge in [-0.05, 0) is 49.1 Å². The fraction of sp³-hybridized carbons (Fsp3) is 0.231. The fourth-order valence-corrected chi connectivity index (χ4v) is 3.66. The quantitative estimate of drug-likeness (QED) is 0.304. The third-order valence-corrected chi connectivity index (χ3v) is 5.79. The van der Waals surface area contributed by atoms with Gasteiger partial charge in [-0.25, -0.2) is 9.97 Å². The average molecular weight is 526 g/mol. The van der Waals surface area contributed by atoms with E-state index in [0.717, 1.165) is 19.3 Å². The lowest BCUT2D eigenvalue weighted by atomic mass is 9.86. The molecule has 0 unspecified atom stereocenters. The van der Waals surface area contributed by atoms with Gasteiger partial charge in [-0.15, -0.1) is 0 Å². The van der Waals surface area contributed by atoms with E-state index >= 15 is 0 Å². The molecule has 190 valence electrons. The van der Waals surface area contributed by atoms with Gasteiger partial charge < -0.3 is 20.1 Å². The van der Waals surface area contributed by atoms with E-state index in [9.17, 15) is 13.6 Å². The summed E-state index contributed by atoms with van der Waals surface area (Å²) < 4.78 is 36.3. The molecule has 8 nitrogen and oxygen atoms in total. The van der Waals surface area contributed by atoms with Crippen LogP contribution < -0.4 is 20.1 Å². The van der Waals surface area contributed by atoms with E-state index in [1.54, 1.807) is 24.3 Å². The summed E-state index contributed by atoms with van der Waals surface area (Å²) >= 11 is 6.07. The molecule has 0 radical (unpaired) electrons. The number of hydrogen-bond donors (Lipinski definition) is 2. The number of anilines is 3. The lowest BCUT2D eigenvalue weighted by molar-refractivity contribution is -0.111. The van der Waals surface area contributed by atoms with Crippen LogP contribution in [-0.4, -0.2) is 29.1 Å². The number of pyridine rings is 2. The standard InChI is InChI=1S/C26H22ClF2N5O3/c27-19-11-20(25(32-14-19)34-22-9-7-17(12-30)13-31-22)33-23(35)10-8-18-5-2-6-21(37-26(28)29)24(18)36-15-16-3-1-4-16/h2,5-11,13-14,16,26H,1,3-4,15H2,(H,33,35)(H,31,32,34). The molecule has 1 amide bonds. The van der Waals surface area contributed by atoms with Crippen LogP contribution in [0.15, 0.2) is 54.9 Å². The number of benzene rings is 1. The first-order chi connectivity index (χ1) is 17.9. The topological polar surface area (TPSA) is 109 Å². The molecule has 3 aromatic rings.